The summed E-state index contributed by atoms with van der Waals surface area (Å²) in [7, 11) is 1.59. The summed E-state index contributed by atoms with van der Waals surface area (Å²) < 4.78 is 6.28. The molecular formula is C16H16BrNO2S. The predicted octanol–water partition coefficient (Wildman–Crippen LogP) is 4.33. The van der Waals surface area contributed by atoms with Gasteiger partial charge in [0.2, 0.25) is 5.91 Å². The Morgan fingerprint density at radius 3 is 2.67 bits per heavy atom. The molecule has 0 aliphatic carbocycles. The van der Waals surface area contributed by atoms with Crippen molar-refractivity contribution < 1.29 is 9.53 Å². The quantitative estimate of drug-likeness (QED) is 0.827. The van der Waals surface area contributed by atoms with E-state index in [9.17, 15) is 4.79 Å². The lowest BCUT2D eigenvalue weighted by Crippen LogP contribution is -2.14. The lowest BCUT2D eigenvalue weighted by atomic mass is 10.2. The summed E-state index contributed by atoms with van der Waals surface area (Å²) >= 11 is 5.08. The molecule has 0 heterocycles. The standard InChI is InChI=1S/C16H16BrNO2S/c1-20-15-9-5-4-8-14(15)18-16(19)11-21-10-12-6-2-3-7-13(12)17/h2-9H,10-11H2,1H3,(H,18,19). The molecule has 21 heavy (non-hydrogen) atoms. The molecule has 0 aliphatic rings. The zero-order valence-corrected chi connectivity index (χ0v) is 14.0. The van der Waals surface area contributed by atoms with E-state index in [0.29, 0.717) is 17.2 Å². The van der Waals surface area contributed by atoms with E-state index in [0.717, 1.165) is 10.2 Å². The number of para-hydroxylation sites is 2. The predicted molar refractivity (Wildman–Crippen MR) is 91.9 cm³/mol. The van der Waals surface area contributed by atoms with Gasteiger partial charge in [0, 0.05) is 10.2 Å². The van der Waals surface area contributed by atoms with Crippen molar-refractivity contribution >= 4 is 39.3 Å². The number of thioether (sulfide) groups is 1. The smallest absolute Gasteiger partial charge is 0.234 e. The molecule has 2 rings (SSSR count). The SMILES string of the molecule is COc1ccccc1NC(=O)CSCc1ccccc1Br. The summed E-state index contributed by atoms with van der Waals surface area (Å²) in [6.07, 6.45) is 0. The molecular weight excluding hydrogens is 350 g/mol. The summed E-state index contributed by atoms with van der Waals surface area (Å²) in [6, 6.07) is 15.4. The van der Waals surface area contributed by atoms with Gasteiger partial charge in [0.05, 0.1) is 18.6 Å². The van der Waals surface area contributed by atoms with Crippen LogP contribution in [0.5, 0.6) is 5.75 Å². The maximum atomic E-state index is 12.0. The molecule has 0 saturated heterocycles. The second-order valence-corrected chi connectivity index (χ2v) is 6.17. The van der Waals surface area contributed by atoms with Gasteiger partial charge in [-0.05, 0) is 23.8 Å². The number of carbonyl (C=O) groups excluding carboxylic acids is 1. The Kier molecular flexibility index (Phi) is 6.14. The molecule has 0 spiro atoms. The van der Waals surface area contributed by atoms with Crippen molar-refractivity contribution in [2.75, 3.05) is 18.2 Å². The number of ether oxygens (including phenoxy) is 1. The zero-order chi connectivity index (χ0) is 15.1. The molecule has 0 bridgehead atoms. The van der Waals surface area contributed by atoms with Crippen molar-refractivity contribution in [1.82, 2.24) is 0 Å². The van der Waals surface area contributed by atoms with Crippen LogP contribution >= 0.6 is 27.7 Å². The first-order chi connectivity index (χ1) is 10.2. The van der Waals surface area contributed by atoms with Crippen LogP contribution in [0.4, 0.5) is 5.69 Å². The van der Waals surface area contributed by atoms with Gasteiger partial charge in [-0.3, -0.25) is 4.79 Å². The molecule has 0 radical (unpaired) electrons. The van der Waals surface area contributed by atoms with Crippen molar-refractivity contribution in [3.8, 4) is 5.75 Å². The summed E-state index contributed by atoms with van der Waals surface area (Å²) in [5.74, 6) is 1.83. The van der Waals surface area contributed by atoms with Crippen LogP contribution < -0.4 is 10.1 Å². The van der Waals surface area contributed by atoms with Gasteiger partial charge in [-0.1, -0.05) is 46.3 Å². The Labute approximate surface area is 137 Å². The first-order valence-electron chi connectivity index (χ1n) is 6.44. The van der Waals surface area contributed by atoms with Crippen molar-refractivity contribution in [1.29, 1.82) is 0 Å². The minimum atomic E-state index is -0.0310. The van der Waals surface area contributed by atoms with Crippen molar-refractivity contribution in [3.63, 3.8) is 0 Å². The Hall–Kier alpha value is -1.46. The number of anilines is 1. The van der Waals surface area contributed by atoms with Crippen LogP contribution in [0.25, 0.3) is 0 Å². The minimum absolute atomic E-state index is 0.0310. The molecule has 5 heteroatoms. The second kappa shape index (κ2) is 8.10. The van der Waals surface area contributed by atoms with E-state index in [1.165, 1.54) is 5.56 Å². The van der Waals surface area contributed by atoms with E-state index in [4.69, 9.17) is 4.74 Å². The third-order valence-corrected chi connectivity index (χ3v) is 4.58. The highest BCUT2D eigenvalue weighted by Crippen LogP contribution is 2.24. The normalized spacial score (nSPS) is 10.2. The Morgan fingerprint density at radius 2 is 1.90 bits per heavy atom. The van der Waals surface area contributed by atoms with Crippen LogP contribution in [-0.2, 0) is 10.5 Å². The van der Waals surface area contributed by atoms with Crippen LogP contribution in [0.1, 0.15) is 5.56 Å². The second-order valence-electron chi connectivity index (χ2n) is 4.33. The highest BCUT2D eigenvalue weighted by atomic mass is 79.9. The summed E-state index contributed by atoms with van der Waals surface area (Å²) in [4.78, 5) is 12.0. The highest BCUT2D eigenvalue weighted by Gasteiger charge is 2.07. The molecule has 1 N–H and O–H groups in total. The van der Waals surface area contributed by atoms with E-state index < -0.39 is 0 Å². The van der Waals surface area contributed by atoms with Gasteiger partial charge in [0.15, 0.2) is 0 Å². The maximum Gasteiger partial charge on any atom is 0.234 e. The number of halogens is 1. The van der Waals surface area contributed by atoms with E-state index in [1.807, 2.05) is 42.5 Å². The number of amides is 1. The van der Waals surface area contributed by atoms with Crippen molar-refractivity contribution in [2.45, 2.75) is 5.75 Å². The molecule has 3 nitrogen and oxygen atoms in total. The third-order valence-electron chi connectivity index (χ3n) is 2.83. The lowest BCUT2D eigenvalue weighted by Gasteiger charge is -2.09. The Balaban J connectivity index is 1.84. The summed E-state index contributed by atoms with van der Waals surface area (Å²) in [6.45, 7) is 0. The molecule has 2 aromatic carbocycles. The summed E-state index contributed by atoms with van der Waals surface area (Å²) in [5.41, 5.74) is 1.89. The van der Waals surface area contributed by atoms with Gasteiger partial charge < -0.3 is 10.1 Å². The van der Waals surface area contributed by atoms with Gasteiger partial charge >= 0.3 is 0 Å². The largest absolute Gasteiger partial charge is 0.495 e. The monoisotopic (exact) mass is 365 g/mol. The van der Waals surface area contributed by atoms with Crippen LogP contribution in [0.2, 0.25) is 0 Å². The number of benzene rings is 2. The van der Waals surface area contributed by atoms with Crippen molar-refractivity contribution in [3.05, 3.63) is 58.6 Å². The van der Waals surface area contributed by atoms with Crippen molar-refractivity contribution in [2.24, 2.45) is 0 Å². The van der Waals surface area contributed by atoms with E-state index in [-0.39, 0.29) is 5.91 Å². The highest BCUT2D eigenvalue weighted by molar-refractivity contribution is 9.10. The molecule has 0 aliphatic heterocycles. The number of rotatable bonds is 6. The fourth-order valence-corrected chi connectivity index (χ4v) is 3.25. The molecule has 0 unspecified atom stereocenters. The molecule has 0 fully saturated rings. The van der Waals surface area contributed by atoms with Gasteiger partial charge in [0.25, 0.3) is 0 Å². The average Bonchev–Trinajstić information content (AvgIpc) is 2.50. The number of carbonyl (C=O) groups is 1. The maximum absolute atomic E-state index is 12.0. The van der Waals surface area contributed by atoms with Crippen LogP contribution in [-0.4, -0.2) is 18.8 Å². The lowest BCUT2D eigenvalue weighted by molar-refractivity contribution is -0.113. The number of nitrogens with one attached hydrogen (secondary N) is 1. The fraction of sp³-hybridized carbons (Fsp3) is 0.188. The van der Waals surface area contributed by atoms with Gasteiger partial charge in [-0.25, -0.2) is 0 Å². The molecule has 0 saturated carbocycles. The molecule has 0 atom stereocenters. The minimum Gasteiger partial charge on any atom is -0.495 e. The zero-order valence-electron chi connectivity index (χ0n) is 11.6. The Morgan fingerprint density at radius 1 is 1.19 bits per heavy atom. The average molecular weight is 366 g/mol. The number of methoxy groups -OCH3 is 1. The van der Waals surface area contributed by atoms with Crippen LogP contribution in [0.15, 0.2) is 53.0 Å². The van der Waals surface area contributed by atoms with E-state index >= 15 is 0 Å². The van der Waals surface area contributed by atoms with Gasteiger partial charge in [-0.2, -0.15) is 0 Å². The molecule has 1 amide bonds. The first kappa shape index (κ1) is 15.9. The fourth-order valence-electron chi connectivity index (χ4n) is 1.80. The molecule has 0 aromatic heterocycles. The Bertz CT molecular complexity index is 619. The summed E-state index contributed by atoms with van der Waals surface area (Å²) in [5, 5.41) is 2.87. The van der Waals surface area contributed by atoms with Crippen LogP contribution in [0, 0.1) is 0 Å². The van der Waals surface area contributed by atoms with E-state index in [1.54, 1.807) is 18.9 Å². The number of hydrogen-bond acceptors (Lipinski definition) is 3. The third kappa shape index (κ3) is 4.79. The topological polar surface area (TPSA) is 38.3 Å². The van der Waals surface area contributed by atoms with Gasteiger partial charge in [0.1, 0.15) is 5.75 Å². The molecule has 110 valence electrons. The van der Waals surface area contributed by atoms with Crippen LogP contribution in [0.3, 0.4) is 0 Å². The number of hydrogen-bond donors (Lipinski definition) is 1. The molecule has 2 aromatic rings. The van der Waals surface area contributed by atoms with E-state index in [2.05, 4.69) is 27.3 Å². The van der Waals surface area contributed by atoms with Gasteiger partial charge in [-0.15, -0.1) is 11.8 Å². The first-order valence-corrected chi connectivity index (χ1v) is 8.39.